The molecule has 2 atom stereocenters. The average Bonchev–Trinajstić information content (AvgIpc) is 3.27. The maximum absolute atomic E-state index is 11.7. The van der Waals surface area contributed by atoms with Gasteiger partial charge in [-0.1, -0.05) is 23.2 Å². The first-order valence-electron chi connectivity index (χ1n) is 11.4. The monoisotopic (exact) mass is 529 g/mol. The number of hydrogen-bond donors (Lipinski definition) is 1. The van der Waals surface area contributed by atoms with Crippen molar-refractivity contribution in [3.05, 3.63) is 70.2 Å². The molecule has 1 N–H and O–H groups in total. The first-order chi connectivity index (χ1) is 16.9. The van der Waals surface area contributed by atoms with E-state index in [9.17, 15) is 4.55 Å². The summed E-state index contributed by atoms with van der Waals surface area (Å²) in [7, 11) is 0. The standard InChI is InChI=1S/C25H25Cl2N5O2S/c1-15(24-20(26)13-28-14-21(24)27)34-18-4-6-23-19(11-18)25(31-30-23)17-3-5-22(29-12-17)16-7-9-32(10-8-16)35(2)33/h3-6,11-16H,7-10H2,1-2H3,(H,30,31)/t15-,35?/m1/s1. The lowest BCUT2D eigenvalue weighted by Crippen LogP contribution is -2.37. The Bertz CT molecular complexity index is 1300. The summed E-state index contributed by atoms with van der Waals surface area (Å²) in [6.07, 6.45) is 8.30. The van der Waals surface area contributed by atoms with Crippen LogP contribution in [0.1, 0.15) is 43.0 Å². The van der Waals surface area contributed by atoms with Crippen molar-refractivity contribution < 1.29 is 9.29 Å². The number of pyridine rings is 2. The van der Waals surface area contributed by atoms with Gasteiger partial charge >= 0.3 is 0 Å². The number of piperidine rings is 1. The van der Waals surface area contributed by atoms with E-state index < -0.39 is 11.4 Å². The fourth-order valence-electron chi connectivity index (χ4n) is 4.55. The smallest absolute Gasteiger partial charge is 0.124 e. The number of benzene rings is 1. The SMILES string of the molecule is C[C@@H](Oc1ccc2[nH]nc(-c3ccc(C4CCN([S+](C)[O-])CC4)nc3)c2c1)c1c(Cl)cncc1Cl. The molecule has 0 aliphatic carbocycles. The maximum Gasteiger partial charge on any atom is 0.124 e. The first kappa shape index (κ1) is 24.3. The van der Waals surface area contributed by atoms with Gasteiger partial charge in [0.05, 0.1) is 15.6 Å². The lowest BCUT2D eigenvalue weighted by atomic mass is 9.93. The van der Waals surface area contributed by atoms with Crippen LogP contribution in [0, 0.1) is 0 Å². The highest BCUT2D eigenvalue weighted by molar-refractivity contribution is 7.88. The van der Waals surface area contributed by atoms with Gasteiger partial charge in [0, 0.05) is 71.2 Å². The number of hydrogen-bond acceptors (Lipinski definition) is 6. The minimum absolute atomic E-state index is 0.358. The second-order valence-electron chi connectivity index (χ2n) is 8.66. The van der Waals surface area contributed by atoms with Gasteiger partial charge in [-0.15, -0.1) is 4.31 Å². The first-order valence-corrected chi connectivity index (χ1v) is 13.7. The summed E-state index contributed by atoms with van der Waals surface area (Å²) >= 11 is 11.7. The Morgan fingerprint density at radius 1 is 1.11 bits per heavy atom. The van der Waals surface area contributed by atoms with Crippen LogP contribution in [0.4, 0.5) is 0 Å². The van der Waals surface area contributed by atoms with Crippen LogP contribution in [0.2, 0.25) is 10.0 Å². The molecule has 0 saturated carbocycles. The van der Waals surface area contributed by atoms with Crippen LogP contribution in [0.3, 0.4) is 0 Å². The molecule has 4 aromatic rings. The second-order valence-corrected chi connectivity index (χ2v) is 10.8. The predicted octanol–water partition coefficient (Wildman–Crippen LogP) is 5.94. The summed E-state index contributed by atoms with van der Waals surface area (Å²) in [5.74, 6) is 1.06. The molecule has 1 aliphatic rings. The number of ether oxygens (including phenoxy) is 1. The Balaban J connectivity index is 1.35. The van der Waals surface area contributed by atoms with E-state index in [1.165, 1.54) is 0 Å². The number of nitrogens with one attached hydrogen (secondary N) is 1. The van der Waals surface area contributed by atoms with Crippen LogP contribution < -0.4 is 4.74 Å². The molecule has 0 amide bonds. The van der Waals surface area contributed by atoms with E-state index in [1.54, 1.807) is 18.6 Å². The van der Waals surface area contributed by atoms with Crippen molar-refractivity contribution in [3.63, 3.8) is 0 Å². The largest absolute Gasteiger partial charge is 0.598 e. The van der Waals surface area contributed by atoms with Gasteiger partial charge in [-0.25, -0.2) is 0 Å². The molecule has 1 fully saturated rings. The van der Waals surface area contributed by atoms with E-state index in [-0.39, 0.29) is 6.10 Å². The van der Waals surface area contributed by atoms with Crippen molar-refractivity contribution in [2.75, 3.05) is 19.3 Å². The molecule has 1 unspecified atom stereocenters. The maximum atomic E-state index is 11.7. The average molecular weight is 530 g/mol. The van der Waals surface area contributed by atoms with E-state index >= 15 is 0 Å². The van der Waals surface area contributed by atoms with Crippen LogP contribution >= 0.6 is 23.2 Å². The number of aromatic nitrogens is 4. The summed E-state index contributed by atoms with van der Waals surface area (Å²) in [6.45, 7) is 3.57. The quantitative estimate of drug-likeness (QED) is 0.311. The third-order valence-electron chi connectivity index (χ3n) is 6.44. The molecular weight excluding hydrogens is 505 g/mol. The molecule has 10 heteroatoms. The second kappa shape index (κ2) is 10.3. The fraction of sp³-hybridized carbons (Fsp3) is 0.320. The van der Waals surface area contributed by atoms with Crippen molar-refractivity contribution in [1.82, 2.24) is 24.5 Å². The highest BCUT2D eigenvalue weighted by atomic mass is 35.5. The number of fused-ring (bicyclic) bond motifs is 1. The van der Waals surface area contributed by atoms with Gasteiger partial charge in [-0.05, 0) is 50.1 Å². The summed E-state index contributed by atoms with van der Waals surface area (Å²) in [4.78, 5) is 8.76. The zero-order valence-corrected chi connectivity index (χ0v) is 21.7. The molecule has 4 heterocycles. The topological polar surface area (TPSA) is 90.0 Å². The van der Waals surface area contributed by atoms with E-state index in [0.717, 1.165) is 53.8 Å². The van der Waals surface area contributed by atoms with Crippen molar-refractivity contribution >= 4 is 45.5 Å². The number of rotatable bonds is 6. The Kier molecular flexibility index (Phi) is 7.18. The van der Waals surface area contributed by atoms with Crippen molar-refractivity contribution in [2.45, 2.75) is 31.8 Å². The van der Waals surface area contributed by atoms with Crippen LogP contribution in [-0.2, 0) is 11.4 Å². The van der Waals surface area contributed by atoms with Gasteiger partial charge in [0.2, 0.25) is 0 Å². The summed E-state index contributed by atoms with van der Waals surface area (Å²) in [5.41, 5.74) is 4.42. The van der Waals surface area contributed by atoms with E-state index in [4.69, 9.17) is 32.9 Å². The molecule has 182 valence electrons. The molecule has 3 aromatic heterocycles. The Labute approximate surface area is 217 Å². The molecule has 1 aliphatic heterocycles. The van der Waals surface area contributed by atoms with Crippen LogP contribution in [0.5, 0.6) is 5.75 Å². The predicted molar refractivity (Wildman–Crippen MR) is 140 cm³/mol. The Morgan fingerprint density at radius 2 is 1.86 bits per heavy atom. The number of H-pyrrole nitrogens is 1. The third kappa shape index (κ3) is 5.13. The molecule has 0 radical (unpaired) electrons. The number of aromatic amines is 1. The van der Waals surface area contributed by atoms with Gasteiger partial charge < -0.3 is 9.29 Å². The van der Waals surface area contributed by atoms with Gasteiger partial charge in [0.25, 0.3) is 0 Å². The van der Waals surface area contributed by atoms with E-state index in [1.807, 2.05) is 35.6 Å². The molecule has 0 bridgehead atoms. The molecule has 1 saturated heterocycles. The van der Waals surface area contributed by atoms with Crippen LogP contribution in [0.15, 0.2) is 48.9 Å². The summed E-state index contributed by atoms with van der Waals surface area (Å²) < 4.78 is 19.9. The minimum atomic E-state index is -0.905. The highest BCUT2D eigenvalue weighted by Crippen LogP contribution is 2.35. The Morgan fingerprint density at radius 3 is 2.51 bits per heavy atom. The number of nitrogens with zero attached hydrogens (tertiary/aromatic N) is 4. The van der Waals surface area contributed by atoms with Gasteiger partial charge in [-0.3, -0.25) is 15.1 Å². The molecule has 35 heavy (non-hydrogen) atoms. The van der Waals surface area contributed by atoms with Crippen molar-refractivity contribution in [1.29, 1.82) is 0 Å². The van der Waals surface area contributed by atoms with Crippen molar-refractivity contribution in [2.24, 2.45) is 0 Å². The number of halogens is 2. The zero-order chi connectivity index (χ0) is 24.5. The summed E-state index contributed by atoms with van der Waals surface area (Å²) in [5, 5.41) is 9.50. The summed E-state index contributed by atoms with van der Waals surface area (Å²) in [6, 6.07) is 9.93. The van der Waals surface area contributed by atoms with Crippen LogP contribution in [0.25, 0.3) is 22.2 Å². The molecule has 0 spiro atoms. The lowest BCUT2D eigenvalue weighted by molar-refractivity contribution is 0.227. The van der Waals surface area contributed by atoms with E-state index in [2.05, 4.69) is 27.3 Å². The normalized spacial score (nSPS) is 16.9. The Hall–Kier alpha value is -2.36. The fourth-order valence-corrected chi connectivity index (χ4v) is 5.95. The van der Waals surface area contributed by atoms with Crippen LogP contribution in [-0.4, -0.2) is 48.4 Å². The molecule has 7 nitrogen and oxygen atoms in total. The zero-order valence-electron chi connectivity index (χ0n) is 19.4. The van der Waals surface area contributed by atoms with Gasteiger partial charge in [-0.2, -0.15) is 5.10 Å². The van der Waals surface area contributed by atoms with Gasteiger partial charge in [0.1, 0.15) is 23.8 Å². The third-order valence-corrected chi connectivity index (χ3v) is 8.13. The van der Waals surface area contributed by atoms with Gasteiger partial charge in [0.15, 0.2) is 0 Å². The molecule has 1 aromatic carbocycles. The van der Waals surface area contributed by atoms with E-state index in [0.29, 0.717) is 27.3 Å². The minimum Gasteiger partial charge on any atom is -0.598 e. The molecule has 5 rings (SSSR count). The highest BCUT2D eigenvalue weighted by Gasteiger charge is 2.26. The van der Waals surface area contributed by atoms with Crippen molar-refractivity contribution in [3.8, 4) is 17.0 Å². The lowest BCUT2D eigenvalue weighted by Gasteiger charge is -2.30. The molecular formula is C25H25Cl2N5O2S.